The maximum Gasteiger partial charge on any atom is 0.234 e. The van der Waals surface area contributed by atoms with Crippen LogP contribution in [0.5, 0.6) is 0 Å². The molecule has 0 spiro atoms. The van der Waals surface area contributed by atoms with E-state index in [1.807, 2.05) is 53.5 Å². The number of benzene rings is 1. The molecule has 2 aliphatic heterocycles. The lowest BCUT2D eigenvalue weighted by Crippen LogP contribution is -2.32. The molecule has 0 atom stereocenters. The molecule has 0 radical (unpaired) electrons. The summed E-state index contributed by atoms with van der Waals surface area (Å²) in [6.45, 7) is 0.403. The molecule has 118 valence electrons. The van der Waals surface area contributed by atoms with Gasteiger partial charge >= 0.3 is 0 Å². The molecule has 0 N–H and O–H groups in total. The van der Waals surface area contributed by atoms with Crippen LogP contribution in [0, 0.1) is 0 Å². The number of carbonyl (C=O) groups is 1. The van der Waals surface area contributed by atoms with E-state index >= 15 is 0 Å². The number of methoxy groups -OCH3 is 1. The fraction of sp³-hybridized carbons (Fsp3) is 0.105. The van der Waals surface area contributed by atoms with Crippen molar-refractivity contribution >= 4 is 17.5 Å². The molecule has 0 saturated carbocycles. The molecule has 1 aromatic carbocycles. The van der Waals surface area contributed by atoms with Crippen molar-refractivity contribution in [3.63, 3.8) is 0 Å². The first-order chi connectivity index (χ1) is 11.8. The maximum absolute atomic E-state index is 12.7. The Labute approximate surface area is 139 Å². The fourth-order valence-corrected chi connectivity index (χ4v) is 2.85. The molecule has 0 amide bonds. The lowest BCUT2D eigenvalue weighted by atomic mass is 10.1. The van der Waals surface area contributed by atoms with Crippen molar-refractivity contribution < 1.29 is 9.53 Å². The predicted octanol–water partition coefficient (Wildman–Crippen LogP) is 2.86. The van der Waals surface area contributed by atoms with Crippen LogP contribution >= 0.6 is 0 Å². The molecule has 1 aromatic rings. The van der Waals surface area contributed by atoms with Crippen LogP contribution in [-0.4, -0.2) is 36.0 Å². The Kier molecular flexibility index (Phi) is 3.46. The summed E-state index contributed by atoms with van der Waals surface area (Å²) in [5.74, 6) is 0.919. The molecule has 0 unspecified atom stereocenters. The zero-order valence-corrected chi connectivity index (χ0v) is 13.1. The number of hydrogen-bond donors (Lipinski definition) is 0. The van der Waals surface area contributed by atoms with Crippen LogP contribution in [0.4, 0.5) is 0 Å². The van der Waals surface area contributed by atoms with Crippen LogP contribution in [0.25, 0.3) is 0 Å². The van der Waals surface area contributed by atoms with Gasteiger partial charge in [0, 0.05) is 5.56 Å². The van der Waals surface area contributed by atoms with E-state index in [0.29, 0.717) is 29.7 Å². The average Bonchev–Trinajstić information content (AvgIpc) is 2.90. The molecular weight excluding hydrogens is 302 g/mol. The number of Topliss-reactive ketones (excluding diaryl/α,β-unsaturated/α-hetero) is 1. The molecule has 0 saturated heterocycles. The Morgan fingerprint density at radius 2 is 1.96 bits per heavy atom. The third-order valence-corrected chi connectivity index (χ3v) is 4.01. The lowest BCUT2D eigenvalue weighted by molar-refractivity contribution is 0.106. The third kappa shape index (κ3) is 2.31. The summed E-state index contributed by atoms with van der Waals surface area (Å²) >= 11 is 0. The number of guanidine groups is 1. The minimum Gasteiger partial charge on any atom is -0.480 e. The standard InChI is InChI=1S/C19H15N3O2/c1-24-18-14-10-6-3-7-11-16(14)22-12-15(20-19(22)21-18)17(23)13-8-4-2-5-9-13/h2-11H,12H2,1H3. The van der Waals surface area contributed by atoms with E-state index in [1.54, 1.807) is 19.2 Å². The lowest BCUT2D eigenvalue weighted by Gasteiger charge is -2.26. The topological polar surface area (TPSA) is 54.3 Å². The van der Waals surface area contributed by atoms with Crippen LogP contribution in [0.2, 0.25) is 0 Å². The summed E-state index contributed by atoms with van der Waals surface area (Å²) in [4.78, 5) is 23.5. The zero-order valence-electron chi connectivity index (χ0n) is 13.1. The minimum atomic E-state index is -0.0754. The highest BCUT2D eigenvalue weighted by Crippen LogP contribution is 2.31. The Bertz CT molecular complexity index is 886. The number of fused-ring (bicyclic) bond motifs is 3. The summed E-state index contributed by atoms with van der Waals surface area (Å²) in [7, 11) is 1.58. The second kappa shape index (κ2) is 5.77. The molecule has 0 aromatic heterocycles. The highest BCUT2D eigenvalue weighted by Gasteiger charge is 2.34. The quantitative estimate of drug-likeness (QED) is 0.806. The van der Waals surface area contributed by atoms with E-state index in [0.717, 1.165) is 11.3 Å². The predicted molar refractivity (Wildman–Crippen MR) is 92.7 cm³/mol. The molecule has 2 heterocycles. The Morgan fingerprint density at radius 1 is 1.12 bits per heavy atom. The van der Waals surface area contributed by atoms with Crippen LogP contribution in [0.3, 0.4) is 0 Å². The van der Waals surface area contributed by atoms with Crippen molar-refractivity contribution in [3.8, 4) is 0 Å². The second-order valence-electron chi connectivity index (χ2n) is 5.47. The third-order valence-electron chi connectivity index (χ3n) is 4.01. The summed E-state index contributed by atoms with van der Waals surface area (Å²) in [5, 5.41) is 0. The van der Waals surface area contributed by atoms with E-state index in [1.165, 1.54) is 0 Å². The number of hydrogen-bond acceptors (Lipinski definition) is 5. The van der Waals surface area contributed by atoms with Gasteiger partial charge in [-0.2, -0.15) is 4.99 Å². The average molecular weight is 317 g/mol. The number of carbonyl (C=O) groups excluding carboxylic acids is 1. The van der Waals surface area contributed by atoms with Crippen LogP contribution in [0.15, 0.2) is 87.8 Å². The molecule has 5 heteroatoms. The van der Waals surface area contributed by atoms with Crippen LogP contribution < -0.4 is 0 Å². The SMILES string of the molecule is COC1=C2C=CC=CC=C2N2CC(C(=O)c3ccccc3)=NC2=N1. The van der Waals surface area contributed by atoms with Gasteiger partial charge in [-0.25, -0.2) is 4.99 Å². The minimum absolute atomic E-state index is 0.0754. The first kappa shape index (κ1) is 14.4. The number of rotatable bonds is 3. The highest BCUT2D eigenvalue weighted by molar-refractivity contribution is 6.49. The molecule has 5 nitrogen and oxygen atoms in total. The van der Waals surface area contributed by atoms with E-state index in [-0.39, 0.29) is 5.78 Å². The largest absolute Gasteiger partial charge is 0.480 e. The van der Waals surface area contributed by atoms with Crippen molar-refractivity contribution in [2.24, 2.45) is 9.98 Å². The smallest absolute Gasteiger partial charge is 0.234 e. The number of allylic oxidation sites excluding steroid dienone is 5. The van der Waals surface area contributed by atoms with Gasteiger partial charge < -0.3 is 9.64 Å². The van der Waals surface area contributed by atoms with E-state index < -0.39 is 0 Å². The number of ketones is 1. The Balaban J connectivity index is 1.73. The van der Waals surface area contributed by atoms with Gasteiger partial charge in [-0.15, -0.1) is 0 Å². The van der Waals surface area contributed by atoms with Gasteiger partial charge in [0.25, 0.3) is 0 Å². The molecule has 0 bridgehead atoms. The molecule has 4 rings (SSSR count). The van der Waals surface area contributed by atoms with Crippen molar-refractivity contribution in [2.45, 2.75) is 0 Å². The molecular formula is C19H15N3O2. The monoisotopic (exact) mass is 317 g/mol. The van der Waals surface area contributed by atoms with Crippen LogP contribution in [0.1, 0.15) is 10.4 Å². The Morgan fingerprint density at radius 3 is 2.75 bits per heavy atom. The van der Waals surface area contributed by atoms with Gasteiger partial charge in [0.2, 0.25) is 17.6 Å². The van der Waals surface area contributed by atoms with E-state index in [9.17, 15) is 4.79 Å². The summed E-state index contributed by atoms with van der Waals surface area (Å²) < 4.78 is 5.40. The second-order valence-corrected chi connectivity index (χ2v) is 5.47. The van der Waals surface area contributed by atoms with E-state index in [4.69, 9.17) is 4.74 Å². The highest BCUT2D eigenvalue weighted by atomic mass is 16.5. The fourth-order valence-electron chi connectivity index (χ4n) is 2.85. The summed E-state index contributed by atoms with van der Waals surface area (Å²) in [6.07, 6.45) is 9.76. The molecule has 0 fully saturated rings. The number of aliphatic imine (C=N–C) groups is 2. The van der Waals surface area contributed by atoms with Crippen LogP contribution in [-0.2, 0) is 4.74 Å². The molecule has 24 heavy (non-hydrogen) atoms. The van der Waals surface area contributed by atoms with Gasteiger partial charge in [-0.1, -0.05) is 48.6 Å². The van der Waals surface area contributed by atoms with Gasteiger partial charge in [0.1, 0.15) is 5.71 Å². The number of ether oxygens (including phenoxy) is 1. The Hall–Kier alpha value is -3.21. The van der Waals surface area contributed by atoms with Crippen molar-refractivity contribution in [2.75, 3.05) is 13.7 Å². The van der Waals surface area contributed by atoms with E-state index in [2.05, 4.69) is 9.98 Å². The van der Waals surface area contributed by atoms with Gasteiger partial charge in [0.15, 0.2) is 0 Å². The summed E-state index contributed by atoms with van der Waals surface area (Å²) in [5.41, 5.74) is 2.93. The first-order valence-corrected chi connectivity index (χ1v) is 7.65. The van der Waals surface area contributed by atoms with Gasteiger partial charge in [-0.05, 0) is 12.2 Å². The van der Waals surface area contributed by atoms with Crippen molar-refractivity contribution in [1.82, 2.24) is 4.90 Å². The molecule has 1 aliphatic carbocycles. The summed E-state index contributed by atoms with van der Waals surface area (Å²) in [6, 6.07) is 9.17. The normalized spacial score (nSPS) is 18.4. The van der Waals surface area contributed by atoms with Gasteiger partial charge in [0.05, 0.1) is 24.9 Å². The first-order valence-electron chi connectivity index (χ1n) is 7.65. The van der Waals surface area contributed by atoms with Gasteiger partial charge in [-0.3, -0.25) is 4.79 Å². The maximum atomic E-state index is 12.7. The van der Waals surface area contributed by atoms with Crippen molar-refractivity contribution in [3.05, 3.63) is 83.4 Å². The zero-order chi connectivity index (χ0) is 16.5. The van der Waals surface area contributed by atoms with Crippen molar-refractivity contribution in [1.29, 1.82) is 0 Å². The number of nitrogens with zero attached hydrogens (tertiary/aromatic N) is 3. The molecule has 3 aliphatic rings.